The van der Waals surface area contributed by atoms with Crippen LogP contribution in [0, 0.1) is 0 Å². The summed E-state index contributed by atoms with van der Waals surface area (Å²) < 4.78 is 30.5. The Labute approximate surface area is 413 Å². The number of carbonyl (C=O) groups is 2. The molecular weight excluding hydrogens is 856 g/mol. The Morgan fingerprint density at radius 1 is 0.537 bits per heavy atom. The zero-order chi connectivity index (χ0) is 49.4. The summed E-state index contributed by atoms with van der Waals surface area (Å²) in [7, 11) is 1.45. The number of likely N-dealkylation sites (N-methyl/N-ethyl adjacent to an activating group) is 1. The molecular formula is C57H104N2O7P+. The van der Waals surface area contributed by atoms with E-state index in [1.165, 1.54) is 89.9 Å². The zero-order valence-electron chi connectivity index (χ0n) is 44.1. The zero-order valence-corrected chi connectivity index (χ0v) is 45.0. The fourth-order valence-corrected chi connectivity index (χ4v) is 8.15. The van der Waals surface area contributed by atoms with Gasteiger partial charge in [0.25, 0.3) is 0 Å². The van der Waals surface area contributed by atoms with Gasteiger partial charge in [-0.1, -0.05) is 203 Å². The molecule has 10 heteroatoms. The first kappa shape index (κ1) is 64.5. The van der Waals surface area contributed by atoms with E-state index in [1.54, 1.807) is 0 Å². The first-order chi connectivity index (χ1) is 32.4. The molecule has 388 valence electrons. The molecule has 3 unspecified atom stereocenters. The summed E-state index contributed by atoms with van der Waals surface area (Å²) in [6, 6.07) is -0.878. The van der Waals surface area contributed by atoms with Crippen molar-refractivity contribution in [2.75, 3.05) is 40.9 Å². The summed E-state index contributed by atoms with van der Waals surface area (Å²) in [6.45, 7) is 6.83. The van der Waals surface area contributed by atoms with Crippen LogP contribution in [0.25, 0.3) is 0 Å². The summed E-state index contributed by atoms with van der Waals surface area (Å²) >= 11 is 0. The lowest BCUT2D eigenvalue weighted by molar-refractivity contribution is -0.870. The summed E-state index contributed by atoms with van der Waals surface area (Å²) in [6.07, 6.45) is 59.1. The van der Waals surface area contributed by atoms with Crippen LogP contribution in [0.3, 0.4) is 0 Å². The lowest BCUT2D eigenvalue weighted by Crippen LogP contribution is -2.47. The maximum Gasteiger partial charge on any atom is 0.472 e. The molecule has 0 heterocycles. The second kappa shape index (κ2) is 47.1. The van der Waals surface area contributed by atoms with Crippen molar-refractivity contribution in [1.29, 1.82) is 0 Å². The van der Waals surface area contributed by atoms with Crippen molar-refractivity contribution in [3.8, 4) is 0 Å². The van der Waals surface area contributed by atoms with Gasteiger partial charge in [-0.3, -0.25) is 18.6 Å². The highest BCUT2D eigenvalue weighted by atomic mass is 31.2. The largest absolute Gasteiger partial charge is 0.472 e. The molecule has 0 aromatic heterocycles. The number of allylic oxidation sites excluding steroid dienone is 11. The van der Waals surface area contributed by atoms with Crippen LogP contribution in [0.5, 0.6) is 0 Å². The Morgan fingerprint density at radius 2 is 0.970 bits per heavy atom. The highest BCUT2D eigenvalue weighted by Crippen LogP contribution is 2.43. The Bertz CT molecular complexity index is 1380. The van der Waals surface area contributed by atoms with E-state index in [2.05, 4.69) is 80.8 Å². The maximum atomic E-state index is 13.5. The Kier molecular flexibility index (Phi) is 45.3. The fraction of sp³-hybridized carbons (Fsp3) is 0.754. The van der Waals surface area contributed by atoms with Crippen molar-refractivity contribution in [2.24, 2.45) is 0 Å². The number of phosphoric ester groups is 1. The predicted molar refractivity (Wildman–Crippen MR) is 286 cm³/mol. The number of esters is 1. The standard InChI is InChI=1S/C57H103N2O7P/c1-7-10-13-16-19-22-25-28-29-30-32-34-37-40-43-46-49-56(60)58-54(53-65-67(62,63)64-52-51-59(4,5)6)55(48-45-42-39-36-33-27-24-21-18-15-12-9-3)66-57(61)50-47-44-41-38-35-31-26-23-20-17-14-11-8-2/h10,13,19,22,28-29,31,35,41,44-45,48,54-55H,7-9,11-12,14-18,20-21,23-27,30,32-34,36-40,42-43,46-47,49-53H2,1-6H3,(H-,58,60,62,63)/p+1/b13-10+,22-19+,29-28+,35-31-,44-41+,48-45+. The van der Waals surface area contributed by atoms with Gasteiger partial charge in [-0.2, -0.15) is 0 Å². The molecule has 0 aliphatic heterocycles. The van der Waals surface area contributed by atoms with E-state index in [0.29, 0.717) is 23.9 Å². The summed E-state index contributed by atoms with van der Waals surface area (Å²) in [4.78, 5) is 37.4. The van der Waals surface area contributed by atoms with Gasteiger partial charge < -0.3 is 19.4 Å². The molecule has 67 heavy (non-hydrogen) atoms. The van der Waals surface area contributed by atoms with Crippen LogP contribution in [0.4, 0.5) is 0 Å². The molecule has 0 radical (unpaired) electrons. The molecule has 3 atom stereocenters. The van der Waals surface area contributed by atoms with E-state index in [4.69, 9.17) is 13.8 Å². The molecule has 0 saturated carbocycles. The van der Waals surface area contributed by atoms with Gasteiger partial charge in [-0.15, -0.1) is 0 Å². The summed E-state index contributed by atoms with van der Waals surface area (Å²) in [5.41, 5.74) is 0. The van der Waals surface area contributed by atoms with E-state index in [0.717, 1.165) is 96.3 Å². The third kappa shape index (κ3) is 48.3. The maximum absolute atomic E-state index is 13.5. The molecule has 1 amide bonds. The number of nitrogens with zero attached hydrogens (tertiary/aromatic N) is 1. The number of hydrogen-bond donors (Lipinski definition) is 2. The van der Waals surface area contributed by atoms with Crippen molar-refractivity contribution in [3.63, 3.8) is 0 Å². The minimum absolute atomic E-state index is 0.0274. The number of nitrogens with one attached hydrogen (secondary N) is 1. The number of ether oxygens (including phenoxy) is 1. The monoisotopic (exact) mass is 960 g/mol. The lowest BCUT2D eigenvalue weighted by Gasteiger charge is -2.27. The van der Waals surface area contributed by atoms with Crippen LogP contribution in [-0.2, 0) is 27.9 Å². The van der Waals surface area contributed by atoms with Gasteiger partial charge in [0.1, 0.15) is 19.3 Å². The number of phosphoric acid groups is 1. The van der Waals surface area contributed by atoms with Crippen LogP contribution >= 0.6 is 7.82 Å². The van der Waals surface area contributed by atoms with Gasteiger partial charge in [0.05, 0.1) is 33.8 Å². The van der Waals surface area contributed by atoms with E-state index in [9.17, 15) is 19.0 Å². The predicted octanol–water partition coefficient (Wildman–Crippen LogP) is 16.1. The molecule has 0 spiro atoms. The third-order valence-corrected chi connectivity index (χ3v) is 12.6. The van der Waals surface area contributed by atoms with Gasteiger partial charge in [0.15, 0.2) is 0 Å². The number of unbranched alkanes of at least 4 members (excludes halogenated alkanes) is 22. The van der Waals surface area contributed by atoms with Crippen molar-refractivity contribution < 1.29 is 37.3 Å². The van der Waals surface area contributed by atoms with Crippen LogP contribution in [0.15, 0.2) is 72.9 Å². The smallest absolute Gasteiger partial charge is 0.456 e. The normalized spacial score (nSPS) is 14.4. The van der Waals surface area contributed by atoms with Gasteiger partial charge in [0.2, 0.25) is 5.91 Å². The molecule has 0 rings (SSSR count). The van der Waals surface area contributed by atoms with Crippen LogP contribution < -0.4 is 5.32 Å². The lowest BCUT2D eigenvalue weighted by atomic mass is 10.0. The second-order valence-electron chi connectivity index (χ2n) is 19.4. The number of carbonyl (C=O) groups excluding carboxylic acids is 2. The Morgan fingerprint density at radius 3 is 1.46 bits per heavy atom. The van der Waals surface area contributed by atoms with Crippen molar-refractivity contribution in [3.05, 3.63) is 72.9 Å². The average Bonchev–Trinajstić information content (AvgIpc) is 3.28. The Balaban J connectivity index is 5.48. The minimum atomic E-state index is -4.46. The highest BCUT2D eigenvalue weighted by Gasteiger charge is 2.30. The fourth-order valence-electron chi connectivity index (χ4n) is 7.42. The van der Waals surface area contributed by atoms with Crippen molar-refractivity contribution in [2.45, 2.75) is 238 Å². The van der Waals surface area contributed by atoms with Crippen LogP contribution in [0.1, 0.15) is 226 Å². The van der Waals surface area contributed by atoms with E-state index >= 15 is 0 Å². The molecule has 2 N–H and O–H groups in total. The second-order valence-corrected chi connectivity index (χ2v) is 20.8. The topological polar surface area (TPSA) is 111 Å². The molecule has 0 fully saturated rings. The molecule has 9 nitrogen and oxygen atoms in total. The van der Waals surface area contributed by atoms with Crippen LogP contribution in [-0.4, -0.2) is 74.3 Å². The van der Waals surface area contributed by atoms with Gasteiger partial charge in [0, 0.05) is 12.8 Å². The van der Waals surface area contributed by atoms with Crippen molar-refractivity contribution in [1.82, 2.24) is 5.32 Å². The molecule has 0 saturated heterocycles. The molecule has 0 aliphatic rings. The third-order valence-electron chi connectivity index (χ3n) is 11.6. The molecule has 0 aromatic rings. The number of amides is 1. The summed E-state index contributed by atoms with van der Waals surface area (Å²) in [5, 5.41) is 3.02. The molecule has 0 aromatic carbocycles. The first-order valence-corrected chi connectivity index (χ1v) is 28.8. The molecule has 0 aliphatic carbocycles. The van der Waals surface area contributed by atoms with E-state index < -0.39 is 25.9 Å². The van der Waals surface area contributed by atoms with Gasteiger partial charge in [-0.25, -0.2) is 4.57 Å². The van der Waals surface area contributed by atoms with Crippen molar-refractivity contribution >= 4 is 19.7 Å². The van der Waals surface area contributed by atoms with E-state index in [-0.39, 0.29) is 25.5 Å². The summed E-state index contributed by atoms with van der Waals surface area (Å²) in [5.74, 6) is -0.602. The molecule has 0 bridgehead atoms. The number of rotatable bonds is 48. The highest BCUT2D eigenvalue weighted by molar-refractivity contribution is 7.47. The Hall–Kier alpha value is -2.55. The van der Waals surface area contributed by atoms with Gasteiger partial charge in [-0.05, 0) is 83.1 Å². The van der Waals surface area contributed by atoms with Gasteiger partial charge >= 0.3 is 13.8 Å². The minimum Gasteiger partial charge on any atom is -0.456 e. The van der Waals surface area contributed by atoms with E-state index in [1.807, 2.05) is 39.4 Å². The van der Waals surface area contributed by atoms with Crippen LogP contribution in [0.2, 0.25) is 0 Å². The quantitative estimate of drug-likeness (QED) is 0.0205. The SMILES string of the molecule is CC/C=C/C/C=C/C/C=C/CCCCCCCCC(=O)NC(COP(=O)(O)OCC[N+](C)(C)C)C(/C=C/CCCCCCCCCCCC)OC(=O)CC/C=C/C/C=C\CCCCCCCC. The first-order valence-electron chi connectivity index (χ1n) is 27.3. The average molecular weight is 960 g/mol. The number of quaternary nitrogens is 1. The number of hydrogen-bond acceptors (Lipinski definition) is 6.